The quantitative estimate of drug-likeness (QED) is 0.649. The molecule has 1 N–H and O–H groups in total. The molecular weight excluding hydrogens is 344 g/mol. The summed E-state index contributed by atoms with van der Waals surface area (Å²) in [5.74, 6) is 1.42. The van der Waals surface area contributed by atoms with Crippen LogP contribution in [0, 0.1) is 10.1 Å². The molecule has 0 aromatic heterocycles. The van der Waals surface area contributed by atoms with Gasteiger partial charge in [0.15, 0.2) is 11.5 Å². The van der Waals surface area contributed by atoms with Crippen molar-refractivity contribution in [2.75, 3.05) is 20.8 Å². The van der Waals surface area contributed by atoms with Crippen molar-refractivity contribution in [3.63, 3.8) is 0 Å². The van der Waals surface area contributed by atoms with Crippen LogP contribution in [0.1, 0.15) is 48.4 Å². The first kappa shape index (κ1) is 17.8. The second kappa shape index (κ2) is 6.85. The molecule has 2 aliphatic rings. The van der Waals surface area contributed by atoms with Crippen LogP contribution < -0.4 is 14.8 Å². The Balaban J connectivity index is 1.87. The van der Waals surface area contributed by atoms with Crippen molar-refractivity contribution in [1.82, 2.24) is 5.32 Å². The van der Waals surface area contributed by atoms with Crippen LogP contribution >= 0.6 is 0 Å². The number of nitro groups is 1. The predicted octanol–water partition coefficient (Wildman–Crippen LogP) is 4.12. The number of hydrogen-bond donors (Lipinski definition) is 1. The van der Waals surface area contributed by atoms with Gasteiger partial charge in [-0.1, -0.05) is 25.0 Å². The van der Waals surface area contributed by atoms with Crippen LogP contribution in [0.25, 0.3) is 0 Å². The molecule has 0 radical (unpaired) electrons. The normalized spacial score (nSPS) is 20.3. The summed E-state index contributed by atoms with van der Waals surface area (Å²) >= 11 is 0. The molecule has 142 valence electrons. The van der Waals surface area contributed by atoms with Gasteiger partial charge in [0, 0.05) is 24.1 Å². The van der Waals surface area contributed by atoms with Crippen LogP contribution in [0.3, 0.4) is 0 Å². The average Bonchev–Trinajstić information content (AvgIpc) is 3.16. The van der Waals surface area contributed by atoms with Crippen molar-refractivity contribution >= 4 is 5.69 Å². The molecule has 6 nitrogen and oxygen atoms in total. The molecule has 1 aliphatic carbocycles. The number of methoxy groups -OCH3 is 2. The van der Waals surface area contributed by atoms with Crippen LogP contribution in [0.5, 0.6) is 11.5 Å². The van der Waals surface area contributed by atoms with Gasteiger partial charge in [-0.3, -0.25) is 10.1 Å². The average molecular weight is 368 g/mol. The number of nitrogens with zero attached hydrogens (tertiary/aromatic N) is 1. The minimum absolute atomic E-state index is 0.103. The molecule has 1 saturated carbocycles. The van der Waals surface area contributed by atoms with Gasteiger partial charge in [0.05, 0.1) is 25.2 Å². The number of ether oxygens (including phenoxy) is 2. The summed E-state index contributed by atoms with van der Waals surface area (Å²) in [4.78, 5) is 10.9. The lowest BCUT2D eigenvalue weighted by Gasteiger charge is -2.41. The van der Waals surface area contributed by atoms with Crippen molar-refractivity contribution in [2.45, 2.75) is 37.1 Å². The molecule has 1 aliphatic heterocycles. The van der Waals surface area contributed by atoms with Gasteiger partial charge in [-0.25, -0.2) is 0 Å². The summed E-state index contributed by atoms with van der Waals surface area (Å²) in [5, 5.41) is 14.9. The van der Waals surface area contributed by atoms with Gasteiger partial charge in [0.2, 0.25) is 0 Å². The fourth-order valence-corrected chi connectivity index (χ4v) is 4.71. The van der Waals surface area contributed by atoms with E-state index in [9.17, 15) is 10.1 Å². The first-order valence-corrected chi connectivity index (χ1v) is 9.32. The van der Waals surface area contributed by atoms with E-state index in [1.165, 1.54) is 24.5 Å². The van der Waals surface area contributed by atoms with Gasteiger partial charge in [-0.2, -0.15) is 0 Å². The number of fused-ring (bicyclic) bond motifs is 2. The van der Waals surface area contributed by atoms with Gasteiger partial charge < -0.3 is 14.8 Å². The maximum absolute atomic E-state index is 11.2. The Labute approximate surface area is 158 Å². The Morgan fingerprint density at radius 1 is 1.11 bits per heavy atom. The molecule has 6 heteroatoms. The van der Waals surface area contributed by atoms with E-state index in [-0.39, 0.29) is 22.1 Å². The van der Waals surface area contributed by atoms with Crippen molar-refractivity contribution < 1.29 is 14.4 Å². The molecule has 0 bridgehead atoms. The van der Waals surface area contributed by atoms with Crippen LogP contribution in [-0.4, -0.2) is 25.7 Å². The Bertz CT molecular complexity index is 874. The molecule has 1 atom stereocenters. The summed E-state index contributed by atoms with van der Waals surface area (Å²) < 4.78 is 11.1. The fourth-order valence-electron chi connectivity index (χ4n) is 4.71. The number of non-ortho nitro benzene ring substituents is 1. The lowest BCUT2D eigenvalue weighted by atomic mass is 9.71. The van der Waals surface area contributed by atoms with Crippen molar-refractivity contribution in [2.24, 2.45) is 0 Å². The number of nitrogens with one attached hydrogen (secondary N) is 1. The van der Waals surface area contributed by atoms with Crippen molar-refractivity contribution in [3.05, 3.63) is 63.2 Å². The minimum atomic E-state index is -0.347. The number of rotatable bonds is 4. The first-order valence-electron chi connectivity index (χ1n) is 9.32. The number of nitro benzene ring substituents is 1. The van der Waals surface area contributed by atoms with Gasteiger partial charge in [-0.05, 0) is 41.7 Å². The van der Waals surface area contributed by atoms with E-state index in [1.807, 2.05) is 12.1 Å². The second-order valence-corrected chi connectivity index (χ2v) is 7.45. The predicted molar refractivity (Wildman–Crippen MR) is 103 cm³/mol. The first-order chi connectivity index (χ1) is 13.1. The number of benzene rings is 2. The SMILES string of the molecule is COc1cc2c(cc1OC)C1(CCCC1)CN[C@H]2c1cccc([N+](=O)[O-])c1. The number of hydrogen-bond acceptors (Lipinski definition) is 5. The molecule has 1 fully saturated rings. The molecular formula is C21H24N2O4. The maximum atomic E-state index is 11.2. The van der Waals surface area contributed by atoms with E-state index in [1.54, 1.807) is 26.4 Å². The minimum Gasteiger partial charge on any atom is -0.493 e. The lowest BCUT2D eigenvalue weighted by molar-refractivity contribution is -0.384. The zero-order chi connectivity index (χ0) is 19.0. The third-order valence-corrected chi connectivity index (χ3v) is 6.06. The summed E-state index contributed by atoms with van der Waals surface area (Å²) in [6, 6.07) is 10.9. The molecule has 0 saturated heterocycles. The highest BCUT2D eigenvalue weighted by atomic mass is 16.6. The Hall–Kier alpha value is -2.60. The van der Waals surface area contributed by atoms with Crippen LogP contribution in [-0.2, 0) is 5.41 Å². The largest absolute Gasteiger partial charge is 0.493 e. The third-order valence-electron chi connectivity index (χ3n) is 6.06. The summed E-state index contributed by atoms with van der Waals surface area (Å²) in [7, 11) is 3.29. The molecule has 0 unspecified atom stereocenters. The van der Waals surface area contributed by atoms with E-state index in [4.69, 9.17) is 9.47 Å². The van der Waals surface area contributed by atoms with E-state index in [0.29, 0.717) is 5.75 Å². The van der Waals surface area contributed by atoms with Gasteiger partial charge in [-0.15, -0.1) is 0 Å². The molecule has 2 aromatic carbocycles. The Kier molecular flexibility index (Phi) is 4.52. The summed E-state index contributed by atoms with van der Waals surface area (Å²) in [6.07, 6.45) is 4.72. The maximum Gasteiger partial charge on any atom is 0.269 e. The summed E-state index contributed by atoms with van der Waals surface area (Å²) in [5.41, 5.74) is 3.52. The van der Waals surface area contributed by atoms with E-state index < -0.39 is 0 Å². The standard InChI is InChI=1S/C21H24N2O4/c1-26-18-11-16-17(12-19(18)27-2)21(8-3-4-9-21)13-22-20(16)14-6-5-7-15(10-14)23(24)25/h5-7,10-12,20,22H,3-4,8-9,13H2,1-2H3/t20-/m0/s1. The lowest BCUT2D eigenvalue weighted by Crippen LogP contribution is -2.44. The third kappa shape index (κ3) is 2.94. The molecule has 1 spiro atoms. The Morgan fingerprint density at radius 2 is 1.81 bits per heavy atom. The summed E-state index contributed by atoms with van der Waals surface area (Å²) in [6.45, 7) is 0.864. The molecule has 0 amide bonds. The van der Waals surface area contributed by atoms with Gasteiger partial charge in [0.1, 0.15) is 0 Å². The zero-order valence-corrected chi connectivity index (χ0v) is 15.7. The van der Waals surface area contributed by atoms with Crippen molar-refractivity contribution in [3.8, 4) is 11.5 Å². The molecule has 2 aromatic rings. The van der Waals surface area contributed by atoms with Gasteiger partial charge in [0.25, 0.3) is 5.69 Å². The van der Waals surface area contributed by atoms with Crippen LogP contribution in [0.15, 0.2) is 36.4 Å². The Morgan fingerprint density at radius 3 is 2.48 bits per heavy atom. The van der Waals surface area contributed by atoms with E-state index in [2.05, 4.69) is 11.4 Å². The highest BCUT2D eigenvalue weighted by Crippen LogP contribution is 2.50. The fraction of sp³-hybridized carbons (Fsp3) is 0.429. The van der Waals surface area contributed by atoms with E-state index in [0.717, 1.165) is 36.3 Å². The van der Waals surface area contributed by atoms with Gasteiger partial charge >= 0.3 is 0 Å². The highest BCUT2D eigenvalue weighted by Gasteiger charge is 2.43. The van der Waals surface area contributed by atoms with E-state index >= 15 is 0 Å². The smallest absolute Gasteiger partial charge is 0.269 e. The molecule has 27 heavy (non-hydrogen) atoms. The topological polar surface area (TPSA) is 73.6 Å². The molecule has 1 heterocycles. The zero-order valence-electron chi connectivity index (χ0n) is 15.7. The van der Waals surface area contributed by atoms with Crippen LogP contribution in [0.2, 0.25) is 0 Å². The monoisotopic (exact) mass is 368 g/mol. The highest BCUT2D eigenvalue weighted by molar-refractivity contribution is 5.55. The van der Waals surface area contributed by atoms with Crippen molar-refractivity contribution in [1.29, 1.82) is 0 Å². The second-order valence-electron chi connectivity index (χ2n) is 7.45. The molecule has 4 rings (SSSR count). The van der Waals surface area contributed by atoms with Crippen LogP contribution in [0.4, 0.5) is 5.69 Å².